The van der Waals surface area contributed by atoms with Crippen molar-refractivity contribution in [2.24, 2.45) is 0 Å². The first-order valence-corrected chi connectivity index (χ1v) is 8.92. The molecule has 0 radical (unpaired) electrons. The van der Waals surface area contributed by atoms with E-state index >= 15 is 0 Å². The zero-order valence-corrected chi connectivity index (χ0v) is 15.1. The highest BCUT2D eigenvalue weighted by Gasteiger charge is 2.27. The van der Waals surface area contributed by atoms with Gasteiger partial charge in [-0.1, -0.05) is 41.9 Å². The lowest BCUT2D eigenvalue weighted by Gasteiger charge is -2.34. The lowest BCUT2D eigenvalue weighted by Crippen LogP contribution is -2.49. The molecule has 26 heavy (non-hydrogen) atoms. The highest BCUT2D eigenvalue weighted by atomic mass is 35.5. The van der Waals surface area contributed by atoms with Gasteiger partial charge in [-0.2, -0.15) is 0 Å². The van der Waals surface area contributed by atoms with Crippen LogP contribution in [-0.4, -0.2) is 53.4 Å². The van der Waals surface area contributed by atoms with Crippen LogP contribution in [-0.2, 0) is 6.42 Å². The van der Waals surface area contributed by atoms with Crippen molar-refractivity contribution in [1.29, 1.82) is 0 Å². The molecule has 0 aliphatic carbocycles. The van der Waals surface area contributed by atoms with Gasteiger partial charge in [-0.3, -0.25) is 19.8 Å². The summed E-state index contributed by atoms with van der Waals surface area (Å²) in [6.07, 6.45) is 0.967. The van der Waals surface area contributed by atoms with Crippen LogP contribution in [0.4, 0.5) is 5.69 Å². The first-order chi connectivity index (χ1) is 12.5. The fraction of sp³-hybridized carbons (Fsp3) is 0.316. The maximum Gasteiger partial charge on any atom is 0.282 e. The molecule has 136 valence electrons. The van der Waals surface area contributed by atoms with E-state index < -0.39 is 4.92 Å². The van der Waals surface area contributed by atoms with Crippen molar-refractivity contribution in [1.82, 2.24) is 9.80 Å². The van der Waals surface area contributed by atoms with E-state index in [0.29, 0.717) is 18.1 Å². The number of carbonyl (C=O) groups is 1. The topological polar surface area (TPSA) is 66.7 Å². The fourth-order valence-corrected chi connectivity index (χ4v) is 3.29. The molecule has 0 aromatic heterocycles. The largest absolute Gasteiger partial charge is 0.336 e. The molecule has 3 rings (SSSR count). The van der Waals surface area contributed by atoms with Crippen LogP contribution in [0.5, 0.6) is 0 Å². The van der Waals surface area contributed by atoms with Gasteiger partial charge in [0, 0.05) is 43.8 Å². The maximum atomic E-state index is 12.7. The average Bonchev–Trinajstić information content (AvgIpc) is 2.66. The SMILES string of the molecule is O=C(c1cc(Cl)ccc1[N+](=O)[O-])N1CCN(CCc2ccccc2)CC1. The molecule has 1 heterocycles. The summed E-state index contributed by atoms with van der Waals surface area (Å²) in [4.78, 5) is 27.3. The number of nitro benzene ring substituents is 1. The van der Waals surface area contributed by atoms with Crippen molar-refractivity contribution >= 4 is 23.2 Å². The van der Waals surface area contributed by atoms with Crippen molar-refractivity contribution < 1.29 is 9.72 Å². The average molecular weight is 374 g/mol. The Hall–Kier alpha value is -2.44. The van der Waals surface area contributed by atoms with E-state index in [2.05, 4.69) is 17.0 Å². The Morgan fingerprint density at radius 2 is 1.77 bits per heavy atom. The predicted octanol–water partition coefficient (Wildman–Crippen LogP) is 3.25. The number of halogens is 1. The molecule has 1 fully saturated rings. The minimum Gasteiger partial charge on any atom is -0.336 e. The normalized spacial score (nSPS) is 15.0. The number of nitrogens with zero attached hydrogens (tertiary/aromatic N) is 3. The quantitative estimate of drug-likeness (QED) is 0.596. The highest BCUT2D eigenvalue weighted by Crippen LogP contribution is 2.24. The summed E-state index contributed by atoms with van der Waals surface area (Å²) in [5.41, 5.74) is 1.15. The number of piperazine rings is 1. The number of nitro groups is 1. The lowest BCUT2D eigenvalue weighted by atomic mass is 10.1. The van der Waals surface area contributed by atoms with E-state index in [1.54, 1.807) is 4.90 Å². The van der Waals surface area contributed by atoms with E-state index in [9.17, 15) is 14.9 Å². The van der Waals surface area contributed by atoms with E-state index in [1.165, 1.54) is 23.8 Å². The summed E-state index contributed by atoms with van der Waals surface area (Å²) in [6.45, 7) is 3.55. The summed E-state index contributed by atoms with van der Waals surface area (Å²) >= 11 is 5.93. The molecule has 2 aromatic carbocycles. The monoisotopic (exact) mass is 373 g/mol. The van der Waals surface area contributed by atoms with Gasteiger partial charge < -0.3 is 4.90 Å². The van der Waals surface area contributed by atoms with Crippen LogP contribution >= 0.6 is 11.6 Å². The smallest absolute Gasteiger partial charge is 0.282 e. The van der Waals surface area contributed by atoms with Gasteiger partial charge in [-0.05, 0) is 24.1 Å². The lowest BCUT2D eigenvalue weighted by molar-refractivity contribution is -0.385. The van der Waals surface area contributed by atoms with Crippen LogP contribution in [0, 0.1) is 10.1 Å². The first kappa shape index (κ1) is 18.4. The summed E-state index contributed by atoms with van der Waals surface area (Å²) in [5, 5.41) is 11.5. The third-order valence-electron chi connectivity index (χ3n) is 4.60. The van der Waals surface area contributed by atoms with E-state index in [0.717, 1.165) is 26.1 Å². The Morgan fingerprint density at radius 3 is 2.42 bits per heavy atom. The second-order valence-corrected chi connectivity index (χ2v) is 6.72. The Morgan fingerprint density at radius 1 is 1.08 bits per heavy atom. The minimum absolute atomic E-state index is 0.0558. The van der Waals surface area contributed by atoms with Gasteiger partial charge in [-0.25, -0.2) is 0 Å². The number of carbonyl (C=O) groups excluding carboxylic acids is 1. The minimum atomic E-state index is -0.542. The zero-order valence-electron chi connectivity index (χ0n) is 14.3. The highest BCUT2D eigenvalue weighted by molar-refractivity contribution is 6.31. The van der Waals surface area contributed by atoms with E-state index in [1.807, 2.05) is 18.2 Å². The van der Waals surface area contributed by atoms with Gasteiger partial charge in [0.2, 0.25) is 0 Å². The van der Waals surface area contributed by atoms with Gasteiger partial charge in [0.05, 0.1) is 4.92 Å². The Balaban J connectivity index is 1.59. The van der Waals surface area contributed by atoms with Crippen molar-refractivity contribution in [3.8, 4) is 0 Å². The van der Waals surface area contributed by atoms with Crippen LogP contribution in [0.1, 0.15) is 15.9 Å². The van der Waals surface area contributed by atoms with Crippen molar-refractivity contribution in [3.63, 3.8) is 0 Å². The second-order valence-electron chi connectivity index (χ2n) is 6.29. The molecular weight excluding hydrogens is 354 g/mol. The summed E-state index contributed by atoms with van der Waals surface area (Å²) < 4.78 is 0. The second kappa shape index (κ2) is 8.29. The summed E-state index contributed by atoms with van der Waals surface area (Å²) in [5.74, 6) is -0.332. The molecule has 0 atom stereocenters. The number of amides is 1. The zero-order chi connectivity index (χ0) is 18.5. The third-order valence-corrected chi connectivity index (χ3v) is 4.84. The van der Waals surface area contributed by atoms with Crippen LogP contribution in [0.15, 0.2) is 48.5 Å². The van der Waals surface area contributed by atoms with Crippen molar-refractivity contribution in [2.75, 3.05) is 32.7 Å². The molecule has 0 N–H and O–H groups in total. The van der Waals surface area contributed by atoms with Gasteiger partial charge in [-0.15, -0.1) is 0 Å². The molecule has 0 spiro atoms. The number of hydrogen-bond donors (Lipinski definition) is 0. The van der Waals surface area contributed by atoms with Gasteiger partial charge in [0.25, 0.3) is 11.6 Å². The molecule has 0 bridgehead atoms. The molecule has 1 amide bonds. The van der Waals surface area contributed by atoms with E-state index in [-0.39, 0.29) is 17.2 Å². The number of benzene rings is 2. The number of rotatable bonds is 5. The predicted molar refractivity (Wildman–Crippen MR) is 101 cm³/mol. The molecule has 7 heteroatoms. The van der Waals surface area contributed by atoms with Crippen LogP contribution < -0.4 is 0 Å². The number of hydrogen-bond acceptors (Lipinski definition) is 4. The van der Waals surface area contributed by atoms with E-state index in [4.69, 9.17) is 11.6 Å². The first-order valence-electron chi connectivity index (χ1n) is 8.54. The van der Waals surface area contributed by atoms with Crippen LogP contribution in [0.25, 0.3) is 0 Å². The third kappa shape index (κ3) is 4.39. The molecule has 6 nitrogen and oxygen atoms in total. The fourth-order valence-electron chi connectivity index (χ4n) is 3.12. The molecular formula is C19H20ClN3O3. The molecule has 1 aliphatic rings. The Kier molecular flexibility index (Phi) is 5.85. The van der Waals surface area contributed by atoms with Crippen molar-refractivity contribution in [3.05, 3.63) is 74.8 Å². The van der Waals surface area contributed by atoms with Gasteiger partial charge in [0.15, 0.2) is 0 Å². The summed E-state index contributed by atoms with van der Waals surface area (Å²) in [7, 11) is 0. The molecule has 0 unspecified atom stereocenters. The summed E-state index contributed by atoms with van der Waals surface area (Å²) in [6, 6.07) is 14.4. The Labute approximate surface area is 157 Å². The van der Waals surface area contributed by atoms with Gasteiger partial charge in [0.1, 0.15) is 5.56 Å². The maximum absolute atomic E-state index is 12.7. The molecule has 0 saturated carbocycles. The van der Waals surface area contributed by atoms with Crippen LogP contribution in [0.2, 0.25) is 5.02 Å². The van der Waals surface area contributed by atoms with Crippen LogP contribution in [0.3, 0.4) is 0 Å². The van der Waals surface area contributed by atoms with Crippen molar-refractivity contribution in [2.45, 2.75) is 6.42 Å². The Bertz CT molecular complexity index is 790. The van der Waals surface area contributed by atoms with Gasteiger partial charge >= 0.3 is 0 Å². The standard InChI is InChI=1S/C19H20ClN3O3/c20-16-6-7-18(23(25)26)17(14-16)19(24)22-12-10-21(11-13-22)9-8-15-4-2-1-3-5-15/h1-7,14H,8-13H2. The molecule has 1 aliphatic heterocycles. The molecule has 1 saturated heterocycles. The molecule has 2 aromatic rings.